The Morgan fingerprint density at radius 2 is 1.67 bits per heavy atom. The van der Waals surface area contributed by atoms with Crippen molar-refractivity contribution in [2.75, 3.05) is 11.5 Å². The summed E-state index contributed by atoms with van der Waals surface area (Å²) in [5.74, 6) is -0.138. The summed E-state index contributed by atoms with van der Waals surface area (Å²) in [4.78, 5) is 26.3. The van der Waals surface area contributed by atoms with E-state index in [-0.39, 0.29) is 24.8 Å². The summed E-state index contributed by atoms with van der Waals surface area (Å²) in [7, 11) is 0. The van der Waals surface area contributed by atoms with E-state index >= 15 is 0 Å². The van der Waals surface area contributed by atoms with Crippen LogP contribution in [0, 0.1) is 12.8 Å². The average molecular weight is 325 g/mol. The lowest BCUT2D eigenvalue weighted by molar-refractivity contribution is -0.128. The van der Waals surface area contributed by atoms with Gasteiger partial charge in [-0.3, -0.25) is 14.5 Å². The van der Waals surface area contributed by atoms with Crippen molar-refractivity contribution < 1.29 is 14.3 Å². The summed E-state index contributed by atoms with van der Waals surface area (Å²) in [5.41, 5.74) is 1.61. The van der Waals surface area contributed by atoms with Crippen LogP contribution in [0.25, 0.3) is 0 Å². The molecule has 0 spiro atoms. The highest BCUT2D eigenvalue weighted by Gasteiger charge is 2.27. The molecule has 2 aromatic carbocycles. The van der Waals surface area contributed by atoms with E-state index in [1.165, 1.54) is 4.90 Å². The zero-order valence-electron chi connectivity index (χ0n) is 14.4. The molecule has 0 fully saturated rings. The Balaban J connectivity index is 2.11. The van der Waals surface area contributed by atoms with Crippen LogP contribution in [0.4, 0.5) is 5.69 Å². The Morgan fingerprint density at radius 3 is 2.29 bits per heavy atom. The molecule has 4 heteroatoms. The quantitative estimate of drug-likeness (QED) is 0.807. The number of nitrogens with zero attached hydrogens (tertiary/aromatic N) is 1. The van der Waals surface area contributed by atoms with Gasteiger partial charge in [0.2, 0.25) is 11.8 Å². The molecule has 0 aliphatic rings. The minimum atomic E-state index is -0.430. The number of amides is 2. The van der Waals surface area contributed by atoms with Crippen LogP contribution in [0.1, 0.15) is 25.8 Å². The molecular weight excluding hydrogens is 302 g/mol. The first kappa shape index (κ1) is 17.7. The molecule has 24 heavy (non-hydrogen) atoms. The Hall–Kier alpha value is -2.62. The Labute approximate surface area is 143 Å². The van der Waals surface area contributed by atoms with E-state index < -0.39 is 5.92 Å². The van der Waals surface area contributed by atoms with Gasteiger partial charge in [-0.25, -0.2) is 0 Å². The first-order chi connectivity index (χ1) is 11.5. The fourth-order valence-corrected chi connectivity index (χ4v) is 2.35. The second kappa shape index (κ2) is 8.29. The normalized spacial score (nSPS) is 11.6. The fourth-order valence-electron chi connectivity index (χ4n) is 2.35. The van der Waals surface area contributed by atoms with E-state index in [2.05, 4.69) is 0 Å². The van der Waals surface area contributed by atoms with Gasteiger partial charge in [-0.2, -0.15) is 0 Å². The van der Waals surface area contributed by atoms with Crippen molar-refractivity contribution >= 4 is 17.5 Å². The molecular formula is C20H23NO3. The van der Waals surface area contributed by atoms with Gasteiger partial charge < -0.3 is 4.74 Å². The zero-order chi connectivity index (χ0) is 17.5. The third kappa shape index (κ3) is 4.22. The predicted molar refractivity (Wildman–Crippen MR) is 95.1 cm³/mol. The SMILES string of the molecule is CCC(=O)N(C(=O)C(C)COc1ccccc1C)c1ccccc1. The van der Waals surface area contributed by atoms with Gasteiger partial charge in [0.1, 0.15) is 5.75 Å². The van der Waals surface area contributed by atoms with Gasteiger partial charge in [0.05, 0.1) is 18.2 Å². The van der Waals surface area contributed by atoms with Crippen LogP contribution in [-0.2, 0) is 9.59 Å². The highest BCUT2D eigenvalue weighted by Crippen LogP contribution is 2.20. The molecule has 0 heterocycles. The lowest BCUT2D eigenvalue weighted by Crippen LogP contribution is -2.41. The average Bonchev–Trinajstić information content (AvgIpc) is 2.61. The molecule has 0 aliphatic carbocycles. The second-order valence-corrected chi connectivity index (χ2v) is 5.73. The van der Waals surface area contributed by atoms with Crippen molar-refractivity contribution in [3.05, 3.63) is 60.2 Å². The van der Waals surface area contributed by atoms with Crippen LogP contribution in [0.2, 0.25) is 0 Å². The number of hydrogen-bond donors (Lipinski definition) is 0. The number of anilines is 1. The van der Waals surface area contributed by atoms with Crippen molar-refractivity contribution in [3.63, 3.8) is 0 Å². The third-order valence-electron chi connectivity index (χ3n) is 3.79. The zero-order valence-corrected chi connectivity index (χ0v) is 14.4. The van der Waals surface area contributed by atoms with E-state index in [9.17, 15) is 9.59 Å². The van der Waals surface area contributed by atoms with Gasteiger partial charge in [0.25, 0.3) is 0 Å². The molecule has 1 unspecified atom stereocenters. The van der Waals surface area contributed by atoms with Crippen molar-refractivity contribution in [1.82, 2.24) is 0 Å². The van der Waals surface area contributed by atoms with Crippen molar-refractivity contribution in [3.8, 4) is 5.75 Å². The third-order valence-corrected chi connectivity index (χ3v) is 3.79. The number of imide groups is 1. The highest BCUT2D eigenvalue weighted by atomic mass is 16.5. The minimum absolute atomic E-state index is 0.214. The van der Waals surface area contributed by atoms with Gasteiger partial charge in [0.15, 0.2) is 0 Å². The van der Waals surface area contributed by atoms with E-state index in [4.69, 9.17) is 4.74 Å². The Morgan fingerprint density at radius 1 is 1.04 bits per heavy atom. The van der Waals surface area contributed by atoms with Crippen LogP contribution < -0.4 is 9.64 Å². The summed E-state index contributed by atoms with van der Waals surface area (Å²) in [6.45, 7) is 5.71. The molecule has 0 aliphatic heterocycles. The smallest absolute Gasteiger partial charge is 0.240 e. The van der Waals surface area contributed by atoms with E-state index in [0.29, 0.717) is 5.69 Å². The highest BCUT2D eigenvalue weighted by molar-refractivity contribution is 6.15. The monoisotopic (exact) mass is 325 g/mol. The maximum absolute atomic E-state index is 12.8. The number of para-hydroxylation sites is 2. The molecule has 2 aromatic rings. The van der Waals surface area contributed by atoms with Crippen LogP contribution in [0.3, 0.4) is 0 Å². The number of benzene rings is 2. The van der Waals surface area contributed by atoms with E-state index in [1.54, 1.807) is 26.0 Å². The summed E-state index contributed by atoms with van der Waals surface area (Å²) in [5, 5.41) is 0. The predicted octanol–water partition coefficient (Wildman–Crippen LogP) is 3.98. The van der Waals surface area contributed by atoms with Crippen LogP contribution >= 0.6 is 0 Å². The number of rotatable bonds is 6. The lowest BCUT2D eigenvalue weighted by Gasteiger charge is -2.24. The first-order valence-electron chi connectivity index (χ1n) is 8.14. The molecule has 2 rings (SSSR count). The molecule has 0 saturated carbocycles. The van der Waals surface area contributed by atoms with Gasteiger partial charge >= 0.3 is 0 Å². The standard InChI is InChI=1S/C20H23NO3/c1-4-19(22)21(17-11-6-5-7-12-17)20(23)16(3)14-24-18-13-9-8-10-15(18)2/h5-13,16H,4,14H2,1-3H3. The number of hydrogen-bond acceptors (Lipinski definition) is 3. The summed E-state index contributed by atoms with van der Waals surface area (Å²) >= 11 is 0. The molecule has 126 valence electrons. The van der Waals surface area contributed by atoms with E-state index in [0.717, 1.165) is 11.3 Å². The molecule has 4 nitrogen and oxygen atoms in total. The minimum Gasteiger partial charge on any atom is -0.493 e. The van der Waals surface area contributed by atoms with Crippen molar-refractivity contribution in [2.45, 2.75) is 27.2 Å². The largest absolute Gasteiger partial charge is 0.493 e. The maximum Gasteiger partial charge on any atom is 0.240 e. The van der Waals surface area contributed by atoms with Crippen molar-refractivity contribution in [1.29, 1.82) is 0 Å². The topological polar surface area (TPSA) is 46.6 Å². The van der Waals surface area contributed by atoms with E-state index in [1.807, 2.05) is 49.4 Å². The molecule has 0 aromatic heterocycles. The van der Waals surface area contributed by atoms with Crippen LogP contribution in [0.15, 0.2) is 54.6 Å². The van der Waals surface area contributed by atoms with Crippen molar-refractivity contribution in [2.24, 2.45) is 5.92 Å². The number of aryl methyl sites for hydroxylation is 1. The maximum atomic E-state index is 12.8. The summed E-state index contributed by atoms with van der Waals surface area (Å²) in [6.07, 6.45) is 0.270. The van der Waals surface area contributed by atoms with Gasteiger partial charge in [-0.15, -0.1) is 0 Å². The van der Waals surface area contributed by atoms with Crippen LogP contribution in [-0.4, -0.2) is 18.4 Å². The Bertz CT molecular complexity index is 697. The molecule has 0 saturated heterocycles. The number of ether oxygens (including phenoxy) is 1. The fraction of sp³-hybridized carbons (Fsp3) is 0.300. The molecule has 0 N–H and O–H groups in total. The van der Waals surface area contributed by atoms with Gasteiger partial charge in [-0.05, 0) is 30.7 Å². The first-order valence-corrected chi connectivity index (χ1v) is 8.14. The number of carbonyl (C=O) groups excluding carboxylic acids is 2. The molecule has 1 atom stereocenters. The molecule has 0 radical (unpaired) electrons. The van der Waals surface area contributed by atoms with Gasteiger partial charge in [-0.1, -0.05) is 50.2 Å². The number of carbonyl (C=O) groups is 2. The summed E-state index contributed by atoms with van der Waals surface area (Å²) < 4.78 is 5.76. The van der Waals surface area contributed by atoms with Crippen LogP contribution in [0.5, 0.6) is 5.75 Å². The Kier molecular flexibility index (Phi) is 6.13. The molecule has 0 bridgehead atoms. The molecule has 2 amide bonds. The summed E-state index contributed by atoms with van der Waals surface area (Å²) in [6, 6.07) is 16.7. The second-order valence-electron chi connectivity index (χ2n) is 5.73. The van der Waals surface area contributed by atoms with Gasteiger partial charge in [0, 0.05) is 6.42 Å². The lowest BCUT2D eigenvalue weighted by atomic mass is 10.1.